The highest BCUT2D eigenvalue weighted by atomic mass is 19.1. The third kappa shape index (κ3) is 2.21. The predicted octanol–water partition coefficient (Wildman–Crippen LogP) is 1.29. The number of alkyl halides is 1. The summed E-state index contributed by atoms with van der Waals surface area (Å²) in [5, 5.41) is 0. The molecule has 0 aromatic carbocycles. The molecular formula is C12H21FN2O. The molecule has 0 aliphatic carbocycles. The Morgan fingerprint density at radius 1 is 1.25 bits per heavy atom. The van der Waals surface area contributed by atoms with Gasteiger partial charge in [0.05, 0.1) is 0 Å². The number of amides is 1. The number of halogens is 1. The second-order valence-electron chi connectivity index (χ2n) is 5.99. The normalized spacial score (nSPS) is 28.2. The van der Waals surface area contributed by atoms with Gasteiger partial charge in [-0.15, -0.1) is 0 Å². The van der Waals surface area contributed by atoms with Gasteiger partial charge in [0.2, 0.25) is 5.91 Å². The number of likely N-dealkylation sites (tertiary alicyclic amines) is 2. The lowest BCUT2D eigenvalue weighted by Gasteiger charge is -2.46. The summed E-state index contributed by atoms with van der Waals surface area (Å²) in [5.41, 5.74) is -0.293. The van der Waals surface area contributed by atoms with Crippen molar-refractivity contribution >= 4 is 5.91 Å². The lowest BCUT2D eigenvalue weighted by molar-refractivity contribution is -0.146. The van der Waals surface area contributed by atoms with Crippen molar-refractivity contribution in [3.05, 3.63) is 0 Å². The van der Waals surface area contributed by atoms with Crippen LogP contribution in [0.15, 0.2) is 0 Å². The van der Waals surface area contributed by atoms with Gasteiger partial charge in [-0.05, 0) is 6.42 Å². The Labute approximate surface area is 96.6 Å². The van der Waals surface area contributed by atoms with Gasteiger partial charge in [0.25, 0.3) is 0 Å². The average Bonchev–Trinajstić information content (AvgIpc) is 2.47. The molecule has 0 radical (unpaired) electrons. The standard InChI is InChI=1S/C12H21FN2O/c1-12(2,3)11(16)15-7-10(8-15)14-5-4-9(13)6-14/h9-10H,4-8H2,1-3H3. The monoisotopic (exact) mass is 228 g/mol. The molecule has 3 nitrogen and oxygen atoms in total. The van der Waals surface area contributed by atoms with Crippen molar-refractivity contribution in [3.8, 4) is 0 Å². The third-order valence-electron chi connectivity index (χ3n) is 3.47. The number of nitrogens with zero attached hydrogens (tertiary/aromatic N) is 2. The van der Waals surface area contributed by atoms with Gasteiger partial charge in [0, 0.05) is 37.6 Å². The molecule has 2 rings (SSSR count). The summed E-state index contributed by atoms with van der Waals surface area (Å²) < 4.78 is 13.0. The lowest BCUT2D eigenvalue weighted by Crippen LogP contribution is -2.62. The highest BCUT2D eigenvalue weighted by Gasteiger charge is 2.40. The van der Waals surface area contributed by atoms with Gasteiger partial charge in [-0.3, -0.25) is 9.69 Å². The van der Waals surface area contributed by atoms with Crippen LogP contribution >= 0.6 is 0 Å². The van der Waals surface area contributed by atoms with E-state index in [2.05, 4.69) is 4.90 Å². The Morgan fingerprint density at radius 2 is 1.88 bits per heavy atom. The highest BCUT2D eigenvalue weighted by molar-refractivity contribution is 5.82. The van der Waals surface area contributed by atoms with Crippen molar-refractivity contribution in [2.45, 2.75) is 39.4 Å². The van der Waals surface area contributed by atoms with Crippen LogP contribution in [0, 0.1) is 5.41 Å². The van der Waals surface area contributed by atoms with Gasteiger partial charge in [-0.1, -0.05) is 20.8 Å². The van der Waals surface area contributed by atoms with Gasteiger partial charge in [-0.2, -0.15) is 0 Å². The van der Waals surface area contributed by atoms with Crippen LogP contribution in [-0.4, -0.2) is 54.1 Å². The minimum atomic E-state index is -0.660. The quantitative estimate of drug-likeness (QED) is 0.675. The number of hydrogen-bond acceptors (Lipinski definition) is 2. The van der Waals surface area contributed by atoms with Crippen LogP contribution in [-0.2, 0) is 4.79 Å². The summed E-state index contributed by atoms with van der Waals surface area (Å²) >= 11 is 0. The van der Waals surface area contributed by atoms with Gasteiger partial charge in [-0.25, -0.2) is 4.39 Å². The molecule has 2 heterocycles. The first-order valence-corrected chi connectivity index (χ1v) is 6.05. The van der Waals surface area contributed by atoms with Crippen molar-refractivity contribution in [2.24, 2.45) is 5.41 Å². The van der Waals surface area contributed by atoms with Crippen molar-refractivity contribution in [1.82, 2.24) is 9.80 Å². The first-order valence-electron chi connectivity index (χ1n) is 6.05. The van der Waals surface area contributed by atoms with E-state index in [4.69, 9.17) is 0 Å². The number of rotatable bonds is 1. The Morgan fingerprint density at radius 3 is 2.31 bits per heavy atom. The van der Waals surface area contributed by atoms with Crippen LogP contribution in [0.3, 0.4) is 0 Å². The summed E-state index contributed by atoms with van der Waals surface area (Å²) in [4.78, 5) is 16.0. The minimum Gasteiger partial charge on any atom is -0.339 e. The molecule has 2 aliphatic heterocycles. The first-order chi connectivity index (χ1) is 7.38. The fourth-order valence-electron chi connectivity index (χ4n) is 2.40. The van der Waals surface area contributed by atoms with Crippen molar-refractivity contribution < 1.29 is 9.18 Å². The Hall–Kier alpha value is -0.640. The van der Waals surface area contributed by atoms with Crippen LogP contribution in [0.2, 0.25) is 0 Å². The summed E-state index contributed by atoms with van der Waals surface area (Å²) in [7, 11) is 0. The van der Waals surface area contributed by atoms with E-state index in [0.717, 1.165) is 19.6 Å². The van der Waals surface area contributed by atoms with E-state index in [9.17, 15) is 9.18 Å². The highest BCUT2D eigenvalue weighted by Crippen LogP contribution is 2.26. The van der Waals surface area contributed by atoms with Crippen LogP contribution in [0.25, 0.3) is 0 Å². The number of carbonyl (C=O) groups is 1. The van der Waals surface area contributed by atoms with Crippen LogP contribution in [0.1, 0.15) is 27.2 Å². The average molecular weight is 228 g/mol. The zero-order valence-corrected chi connectivity index (χ0v) is 10.4. The number of carbonyl (C=O) groups excluding carboxylic acids is 1. The zero-order chi connectivity index (χ0) is 11.9. The Balaban J connectivity index is 1.80. The van der Waals surface area contributed by atoms with E-state index in [-0.39, 0.29) is 11.3 Å². The second kappa shape index (κ2) is 3.99. The molecule has 16 heavy (non-hydrogen) atoms. The smallest absolute Gasteiger partial charge is 0.228 e. The topological polar surface area (TPSA) is 23.6 Å². The summed E-state index contributed by atoms with van der Waals surface area (Å²) in [5.74, 6) is 0.208. The summed E-state index contributed by atoms with van der Waals surface area (Å²) in [6.07, 6.45) is -0.00338. The third-order valence-corrected chi connectivity index (χ3v) is 3.47. The van der Waals surface area contributed by atoms with Crippen molar-refractivity contribution in [3.63, 3.8) is 0 Å². The largest absolute Gasteiger partial charge is 0.339 e. The van der Waals surface area contributed by atoms with E-state index >= 15 is 0 Å². The van der Waals surface area contributed by atoms with Gasteiger partial charge < -0.3 is 4.90 Å². The second-order valence-corrected chi connectivity index (χ2v) is 5.99. The van der Waals surface area contributed by atoms with Crippen LogP contribution < -0.4 is 0 Å². The minimum absolute atomic E-state index is 0.208. The molecule has 0 bridgehead atoms. The maximum atomic E-state index is 13.0. The van der Waals surface area contributed by atoms with E-state index in [0.29, 0.717) is 19.0 Å². The molecule has 1 amide bonds. The maximum Gasteiger partial charge on any atom is 0.228 e. The van der Waals surface area contributed by atoms with E-state index in [1.807, 2.05) is 25.7 Å². The van der Waals surface area contributed by atoms with Gasteiger partial charge in [0.15, 0.2) is 0 Å². The maximum absolute atomic E-state index is 13.0. The van der Waals surface area contributed by atoms with Gasteiger partial charge >= 0.3 is 0 Å². The zero-order valence-electron chi connectivity index (χ0n) is 10.4. The Bertz CT molecular complexity index is 281. The molecular weight excluding hydrogens is 207 g/mol. The van der Waals surface area contributed by atoms with E-state index in [1.54, 1.807) is 0 Å². The molecule has 0 aromatic rings. The predicted molar refractivity (Wildman–Crippen MR) is 60.9 cm³/mol. The molecule has 2 fully saturated rings. The molecule has 0 saturated carbocycles. The van der Waals surface area contributed by atoms with Crippen LogP contribution in [0.4, 0.5) is 4.39 Å². The summed E-state index contributed by atoms with van der Waals surface area (Å²) in [6.45, 7) is 8.79. The Kier molecular flexibility index (Phi) is 2.95. The van der Waals surface area contributed by atoms with Crippen LogP contribution in [0.5, 0.6) is 0 Å². The lowest BCUT2D eigenvalue weighted by atomic mass is 9.92. The van der Waals surface area contributed by atoms with E-state index < -0.39 is 6.17 Å². The molecule has 0 spiro atoms. The molecule has 1 unspecified atom stereocenters. The molecule has 2 aliphatic rings. The van der Waals surface area contributed by atoms with Crippen molar-refractivity contribution in [1.29, 1.82) is 0 Å². The molecule has 1 atom stereocenters. The molecule has 4 heteroatoms. The van der Waals surface area contributed by atoms with Crippen molar-refractivity contribution in [2.75, 3.05) is 26.2 Å². The first kappa shape index (κ1) is 11.8. The van der Waals surface area contributed by atoms with Gasteiger partial charge in [0.1, 0.15) is 6.17 Å². The molecule has 0 N–H and O–H groups in total. The fourth-order valence-corrected chi connectivity index (χ4v) is 2.40. The molecule has 2 saturated heterocycles. The summed E-state index contributed by atoms with van der Waals surface area (Å²) in [6, 6.07) is 0.395. The molecule has 0 aromatic heterocycles. The SMILES string of the molecule is CC(C)(C)C(=O)N1CC(N2CCC(F)C2)C1. The van der Waals surface area contributed by atoms with E-state index in [1.165, 1.54) is 0 Å². The molecule has 92 valence electrons. The fraction of sp³-hybridized carbons (Fsp3) is 0.917. The number of hydrogen-bond donors (Lipinski definition) is 0.